The van der Waals surface area contributed by atoms with Crippen LogP contribution in [-0.2, 0) is 26.0 Å². The van der Waals surface area contributed by atoms with Crippen molar-refractivity contribution >= 4 is 19.9 Å². The molecular weight excluding hydrogens is 419 g/mol. The molecule has 1 heterocycles. The van der Waals surface area contributed by atoms with E-state index in [4.69, 9.17) is 4.74 Å². The molecular formula is C17H16F3NO5S2. The van der Waals surface area contributed by atoms with Gasteiger partial charge in [0.2, 0.25) is 10.0 Å². The SMILES string of the molecule is COc1ccc(S(=O)(=O)C2CN(S(=O)(=O)c3cccc(C(F)(F)F)c3)C2)cc1. The quantitative estimate of drug-likeness (QED) is 0.721. The zero-order valence-electron chi connectivity index (χ0n) is 14.5. The zero-order valence-corrected chi connectivity index (χ0v) is 16.2. The molecule has 1 aliphatic heterocycles. The van der Waals surface area contributed by atoms with Gasteiger partial charge in [-0.25, -0.2) is 16.8 Å². The molecule has 0 radical (unpaired) electrons. The second-order valence-corrected chi connectivity index (χ2v) is 10.4. The molecule has 1 saturated heterocycles. The highest BCUT2D eigenvalue weighted by molar-refractivity contribution is 7.92. The summed E-state index contributed by atoms with van der Waals surface area (Å²) in [7, 11) is -6.56. The average molecular weight is 435 g/mol. The lowest BCUT2D eigenvalue weighted by atomic mass is 10.2. The summed E-state index contributed by atoms with van der Waals surface area (Å²) < 4.78 is 94.5. The van der Waals surface area contributed by atoms with Gasteiger partial charge in [0.05, 0.1) is 27.7 Å². The van der Waals surface area contributed by atoms with Crippen LogP contribution in [0.25, 0.3) is 0 Å². The highest BCUT2D eigenvalue weighted by Crippen LogP contribution is 2.33. The predicted octanol–water partition coefficient (Wildman–Crippen LogP) is 2.56. The fourth-order valence-corrected chi connectivity index (χ4v) is 6.15. The maximum absolute atomic E-state index is 12.8. The van der Waals surface area contributed by atoms with Gasteiger partial charge in [-0.15, -0.1) is 0 Å². The lowest BCUT2D eigenvalue weighted by Gasteiger charge is -2.37. The fraction of sp³-hybridized carbons (Fsp3) is 0.294. The molecule has 0 aromatic heterocycles. The molecule has 1 fully saturated rings. The van der Waals surface area contributed by atoms with Gasteiger partial charge in [-0.3, -0.25) is 0 Å². The van der Waals surface area contributed by atoms with E-state index in [0.29, 0.717) is 11.8 Å². The molecule has 0 atom stereocenters. The minimum Gasteiger partial charge on any atom is -0.497 e. The summed E-state index contributed by atoms with van der Waals surface area (Å²) in [6, 6.07) is 9.03. The summed E-state index contributed by atoms with van der Waals surface area (Å²) >= 11 is 0. The van der Waals surface area contributed by atoms with Crippen molar-refractivity contribution in [2.24, 2.45) is 0 Å². The summed E-state index contributed by atoms with van der Waals surface area (Å²) in [5, 5.41) is -0.971. The molecule has 0 bridgehead atoms. The molecule has 1 aliphatic rings. The number of benzene rings is 2. The largest absolute Gasteiger partial charge is 0.497 e. The highest BCUT2D eigenvalue weighted by atomic mass is 32.2. The van der Waals surface area contributed by atoms with E-state index in [1.165, 1.54) is 31.4 Å². The van der Waals surface area contributed by atoms with Crippen LogP contribution in [0.15, 0.2) is 58.3 Å². The molecule has 3 rings (SSSR count). The first-order valence-electron chi connectivity index (χ1n) is 8.01. The summed E-state index contributed by atoms with van der Waals surface area (Å²) in [6.07, 6.45) is -4.68. The predicted molar refractivity (Wildman–Crippen MR) is 94.2 cm³/mol. The summed E-state index contributed by atoms with van der Waals surface area (Å²) in [5.41, 5.74) is -1.09. The smallest absolute Gasteiger partial charge is 0.416 e. The molecule has 2 aromatic rings. The average Bonchev–Trinajstić information content (AvgIpc) is 2.59. The number of nitrogens with zero attached hydrogens (tertiary/aromatic N) is 1. The fourth-order valence-electron chi connectivity index (χ4n) is 2.73. The van der Waals surface area contributed by atoms with Crippen molar-refractivity contribution in [3.8, 4) is 5.75 Å². The lowest BCUT2D eigenvalue weighted by molar-refractivity contribution is -0.137. The zero-order chi connectivity index (χ0) is 20.7. The summed E-state index contributed by atoms with van der Waals surface area (Å²) in [6.45, 7) is -0.653. The molecule has 6 nitrogen and oxygen atoms in total. The topological polar surface area (TPSA) is 80.8 Å². The number of sulfonamides is 1. The van der Waals surface area contributed by atoms with Crippen LogP contribution >= 0.6 is 0 Å². The van der Waals surface area contributed by atoms with E-state index >= 15 is 0 Å². The minimum absolute atomic E-state index is 0.0226. The van der Waals surface area contributed by atoms with Crippen LogP contribution in [-0.4, -0.2) is 46.6 Å². The van der Waals surface area contributed by atoms with Gasteiger partial charge in [-0.05, 0) is 42.5 Å². The van der Waals surface area contributed by atoms with Gasteiger partial charge in [0.1, 0.15) is 5.75 Å². The van der Waals surface area contributed by atoms with Crippen molar-refractivity contribution in [1.82, 2.24) is 4.31 Å². The van der Waals surface area contributed by atoms with Crippen LogP contribution < -0.4 is 4.74 Å². The van der Waals surface area contributed by atoms with Crippen molar-refractivity contribution in [2.75, 3.05) is 20.2 Å². The van der Waals surface area contributed by atoms with E-state index in [-0.39, 0.29) is 18.0 Å². The Hall–Kier alpha value is -2.11. The van der Waals surface area contributed by atoms with Crippen molar-refractivity contribution in [2.45, 2.75) is 21.2 Å². The van der Waals surface area contributed by atoms with E-state index in [9.17, 15) is 30.0 Å². The van der Waals surface area contributed by atoms with Crippen LogP contribution in [0.2, 0.25) is 0 Å². The summed E-state index contributed by atoms with van der Waals surface area (Å²) in [5.74, 6) is 0.473. The molecule has 28 heavy (non-hydrogen) atoms. The molecule has 0 unspecified atom stereocenters. The lowest BCUT2D eigenvalue weighted by Crippen LogP contribution is -2.56. The molecule has 0 spiro atoms. The van der Waals surface area contributed by atoms with Crippen LogP contribution in [0.1, 0.15) is 5.56 Å². The Labute approximate surface area is 160 Å². The van der Waals surface area contributed by atoms with E-state index in [0.717, 1.165) is 22.5 Å². The first kappa shape index (κ1) is 20.6. The van der Waals surface area contributed by atoms with E-state index in [1.807, 2.05) is 0 Å². The number of ether oxygens (including phenoxy) is 1. The third kappa shape index (κ3) is 3.74. The van der Waals surface area contributed by atoms with Gasteiger partial charge in [0.25, 0.3) is 0 Å². The molecule has 0 amide bonds. The molecule has 2 aromatic carbocycles. The second kappa shape index (κ2) is 7.05. The number of methoxy groups -OCH3 is 1. The Morgan fingerprint density at radius 1 is 0.964 bits per heavy atom. The number of sulfone groups is 1. The van der Waals surface area contributed by atoms with Gasteiger partial charge in [0, 0.05) is 13.1 Å². The van der Waals surface area contributed by atoms with Crippen LogP contribution in [0.5, 0.6) is 5.75 Å². The number of rotatable bonds is 5. The van der Waals surface area contributed by atoms with Crippen molar-refractivity contribution in [3.05, 3.63) is 54.1 Å². The standard InChI is InChI=1S/C17H16F3NO5S2/c1-26-13-5-7-14(8-6-13)27(22,23)16-10-21(11-16)28(24,25)15-4-2-3-12(9-15)17(18,19)20/h2-9,16H,10-11H2,1H3. The normalized spacial score (nSPS) is 16.6. The van der Waals surface area contributed by atoms with Gasteiger partial charge in [0.15, 0.2) is 9.84 Å². The van der Waals surface area contributed by atoms with Gasteiger partial charge in [-0.1, -0.05) is 6.07 Å². The van der Waals surface area contributed by atoms with Gasteiger partial charge in [-0.2, -0.15) is 17.5 Å². The van der Waals surface area contributed by atoms with Crippen LogP contribution in [0, 0.1) is 0 Å². The number of hydrogen-bond acceptors (Lipinski definition) is 5. The van der Waals surface area contributed by atoms with E-state index < -0.39 is 41.7 Å². The van der Waals surface area contributed by atoms with E-state index in [2.05, 4.69) is 0 Å². The Kier molecular flexibility index (Phi) is 5.19. The Balaban J connectivity index is 1.78. The van der Waals surface area contributed by atoms with Gasteiger partial charge >= 0.3 is 6.18 Å². The maximum atomic E-state index is 12.8. The van der Waals surface area contributed by atoms with Crippen LogP contribution in [0.4, 0.5) is 13.2 Å². The third-order valence-electron chi connectivity index (χ3n) is 4.44. The van der Waals surface area contributed by atoms with Crippen molar-refractivity contribution in [3.63, 3.8) is 0 Å². The first-order valence-corrected chi connectivity index (χ1v) is 11.0. The Morgan fingerprint density at radius 3 is 2.11 bits per heavy atom. The maximum Gasteiger partial charge on any atom is 0.416 e. The first-order chi connectivity index (χ1) is 13.0. The second-order valence-electron chi connectivity index (χ2n) is 6.19. The van der Waals surface area contributed by atoms with Crippen LogP contribution in [0.3, 0.4) is 0 Å². The Bertz CT molecular complexity index is 1070. The monoisotopic (exact) mass is 435 g/mol. The molecule has 0 N–H and O–H groups in total. The number of halogens is 3. The van der Waals surface area contributed by atoms with Crippen molar-refractivity contribution in [1.29, 1.82) is 0 Å². The third-order valence-corrected chi connectivity index (χ3v) is 8.37. The number of alkyl halides is 3. The molecule has 0 saturated carbocycles. The number of hydrogen-bond donors (Lipinski definition) is 0. The highest BCUT2D eigenvalue weighted by Gasteiger charge is 2.44. The molecule has 0 aliphatic carbocycles. The molecule has 152 valence electrons. The van der Waals surface area contributed by atoms with E-state index in [1.54, 1.807) is 0 Å². The van der Waals surface area contributed by atoms with Crippen molar-refractivity contribution < 1.29 is 34.7 Å². The Morgan fingerprint density at radius 2 is 1.57 bits per heavy atom. The summed E-state index contributed by atoms with van der Waals surface area (Å²) in [4.78, 5) is -0.503. The molecule has 11 heteroatoms. The minimum atomic E-state index is -4.68. The van der Waals surface area contributed by atoms with Gasteiger partial charge < -0.3 is 4.74 Å².